The maximum absolute atomic E-state index is 9.50. The zero-order valence-corrected chi connectivity index (χ0v) is 10.8. The highest BCUT2D eigenvalue weighted by atomic mass is 19.1. The molecule has 0 aliphatic heterocycles. The first-order valence-electron chi connectivity index (χ1n) is 5.91. The number of hydrogen-bond donors (Lipinski definition) is 0. The Bertz CT molecular complexity index is 328. The number of para-hydroxylation sites is 1. The van der Waals surface area contributed by atoms with Crippen LogP contribution in [-0.2, 0) is 0 Å². The van der Waals surface area contributed by atoms with Gasteiger partial charge in [-0.1, -0.05) is 44.2 Å². The number of halogens is 1. The van der Waals surface area contributed by atoms with E-state index < -0.39 is 0 Å². The fourth-order valence-corrected chi connectivity index (χ4v) is 1.31. The van der Waals surface area contributed by atoms with Gasteiger partial charge in [0.2, 0.25) is 0 Å². The Morgan fingerprint density at radius 3 is 2.24 bits per heavy atom. The molecule has 0 saturated carbocycles. The summed E-state index contributed by atoms with van der Waals surface area (Å²) in [5, 5.41) is 0. The highest BCUT2D eigenvalue weighted by Gasteiger charge is 2.00. The number of ether oxygens (including phenoxy) is 1. The predicted molar refractivity (Wildman–Crippen MR) is 71.9 cm³/mol. The predicted octanol–water partition coefficient (Wildman–Crippen LogP) is 4.91. The molecule has 0 fully saturated rings. The summed E-state index contributed by atoms with van der Waals surface area (Å²) in [5.41, 5.74) is 0. The minimum Gasteiger partial charge on any atom is -0.462 e. The van der Waals surface area contributed by atoms with Crippen LogP contribution in [0, 0.1) is 0 Å². The fraction of sp³-hybridized carbons (Fsp3) is 0.333. The molecule has 0 unspecified atom stereocenters. The average molecular weight is 236 g/mol. The van der Waals surface area contributed by atoms with E-state index in [1.165, 1.54) is 0 Å². The minimum atomic E-state index is 0.500. The van der Waals surface area contributed by atoms with Gasteiger partial charge in [0.1, 0.15) is 11.5 Å². The second-order valence-corrected chi connectivity index (χ2v) is 3.01. The van der Waals surface area contributed by atoms with Gasteiger partial charge in [-0.3, -0.25) is 4.39 Å². The summed E-state index contributed by atoms with van der Waals surface area (Å²) < 4.78 is 15.2. The molecule has 0 saturated heterocycles. The third-order valence-electron chi connectivity index (χ3n) is 1.97. The molecule has 1 aromatic carbocycles. The first kappa shape index (κ1) is 15.4. The standard InChI is InChI=1S/C12H12O.C2H6.CH3F/c1-3-7-11(8-4-1)13-12-9-5-2-6-10-12;2*1-2/h1-5,7-9H,6,10H2;1-2H3;1H3. The van der Waals surface area contributed by atoms with Crippen molar-refractivity contribution in [3.63, 3.8) is 0 Å². The van der Waals surface area contributed by atoms with E-state index in [2.05, 4.69) is 6.08 Å². The lowest BCUT2D eigenvalue weighted by Crippen LogP contribution is -1.96. The number of rotatable bonds is 2. The molecule has 0 heterocycles. The second kappa shape index (κ2) is 10.9. The Morgan fingerprint density at radius 2 is 1.71 bits per heavy atom. The van der Waals surface area contributed by atoms with E-state index in [0.717, 1.165) is 24.4 Å². The molecule has 0 N–H and O–H groups in total. The van der Waals surface area contributed by atoms with Gasteiger partial charge in [0.05, 0.1) is 7.18 Å². The van der Waals surface area contributed by atoms with Gasteiger partial charge >= 0.3 is 0 Å². The van der Waals surface area contributed by atoms with Crippen LogP contribution in [0.15, 0.2) is 54.3 Å². The monoisotopic (exact) mass is 236 g/mol. The highest BCUT2D eigenvalue weighted by molar-refractivity contribution is 5.25. The molecule has 0 atom stereocenters. The lowest BCUT2D eigenvalue weighted by molar-refractivity contribution is 0.403. The quantitative estimate of drug-likeness (QED) is 0.708. The van der Waals surface area contributed by atoms with E-state index in [-0.39, 0.29) is 0 Å². The Labute approximate surface area is 104 Å². The topological polar surface area (TPSA) is 9.23 Å². The lowest BCUT2D eigenvalue weighted by atomic mass is 10.2. The van der Waals surface area contributed by atoms with Crippen molar-refractivity contribution in [1.29, 1.82) is 0 Å². The number of alkyl halides is 1. The van der Waals surface area contributed by atoms with Crippen molar-refractivity contribution < 1.29 is 9.13 Å². The van der Waals surface area contributed by atoms with Gasteiger partial charge in [0, 0.05) is 6.42 Å². The maximum atomic E-state index is 9.50. The largest absolute Gasteiger partial charge is 0.462 e. The first-order chi connectivity index (χ1) is 8.45. The van der Waals surface area contributed by atoms with Crippen molar-refractivity contribution in [3.05, 3.63) is 54.3 Å². The van der Waals surface area contributed by atoms with Gasteiger partial charge in [0.15, 0.2) is 0 Å². The van der Waals surface area contributed by atoms with Gasteiger partial charge in [-0.05, 0) is 24.6 Å². The van der Waals surface area contributed by atoms with Crippen LogP contribution >= 0.6 is 0 Å². The smallest absolute Gasteiger partial charge is 0.126 e. The molecule has 0 amide bonds. The van der Waals surface area contributed by atoms with Crippen molar-refractivity contribution in [2.75, 3.05) is 7.18 Å². The molecular formula is C15H21FO. The summed E-state index contributed by atoms with van der Waals surface area (Å²) in [6.45, 7) is 4.00. The summed E-state index contributed by atoms with van der Waals surface area (Å²) in [6.07, 6.45) is 8.31. The van der Waals surface area contributed by atoms with Gasteiger partial charge in [0.25, 0.3) is 0 Å². The molecule has 0 bridgehead atoms. The summed E-state index contributed by atoms with van der Waals surface area (Å²) >= 11 is 0. The van der Waals surface area contributed by atoms with Crippen LogP contribution in [0.1, 0.15) is 26.7 Å². The molecule has 1 aromatic rings. The van der Waals surface area contributed by atoms with E-state index in [1.807, 2.05) is 56.3 Å². The summed E-state index contributed by atoms with van der Waals surface area (Å²) in [7, 11) is 0.500. The number of benzene rings is 1. The summed E-state index contributed by atoms with van der Waals surface area (Å²) in [4.78, 5) is 0. The van der Waals surface area contributed by atoms with Gasteiger partial charge in [-0.2, -0.15) is 0 Å². The molecule has 17 heavy (non-hydrogen) atoms. The first-order valence-corrected chi connectivity index (χ1v) is 5.91. The fourth-order valence-electron chi connectivity index (χ4n) is 1.31. The van der Waals surface area contributed by atoms with Gasteiger partial charge in [-0.25, -0.2) is 0 Å². The Hall–Kier alpha value is -1.57. The SMILES string of the molecule is C1=CCCC(Oc2ccccc2)=C1.CC.CF. The van der Waals surface area contributed by atoms with Crippen LogP contribution in [0.2, 0.25) is 0 Å². The molecule has 0 aromatic heterocycles. The van der Waals surface area contributed by atoms with Crippen molar-refractivity contribution >= 4 is 0 Å². The van der Waals surface area contributed by atoms with E-state index in [4.69, 9.17) is 4.74 Å². The molecule has 2 rings (SSSR count). The van der Waals surface area contributed by atoms with Gasteiger partial charge < -0.3 is 4.74 Å². The van der Waals surface area contributed by atoms with Crippen LogP contribution in [0.4, 0.5) is 4.39 Å². The van der Waals surface area contributed by atoms with E-state index >= 15 is 0 Å². The van der Waals surface area contributed by atoms with Crippen LogP contribution in [0.25, 0.3) is 0 Å². The molecule has 0 radical (unpaired) electrons. The lowest BCUT2D eigenvalue weighted by Gasteiger charge is -2.10. The molecule has 0 spiro atoms. The Balaban J connectivity index is 0.000000581. The van der Waals surface area contributed by atoms with Crippen molar-refractivity contribution in [2.45, 2.75) is 26.7 Å². The zero-order valence-electron chi connectivity index (χ0n) is 10.8. The number of hydrogen-bond acceptors (Lipinski definition) is 1. The molecular weight excluding hydrogens is 215 g/mol. The third kappa shape index (κ3) is 6.56. The Kier molecular flexibility index (Phi) is 9.92. The zero-order chi connectivity index (χ0) is 12.9. The van der Waals surface area contributed by atoms with E-state index in [9.17, 15) is 4.39 Å². The van der Waals surface area contributed by atoms with Crippen LogP contribution < -0.4 is 4.74 Å². The molecule has 1 aliphatic carbocycles. The van der Waals surface area contributed by atoms with Gasteiger partial charge in [-0.15, -0.1) is 0 Å². The molecule has 2 heteroatoms. The van der Waals surface area contributed by atoms with Crippen molar-refractivity contribution in [2.24, 2.45) is 0 Å². The molecule has 1 nitrogen and oxygen atoms in total. The van der Waals surface area contributed by atoms with Crippen molar-refractivity contribution in [1.82, 2.24) is 0 Å². The highest BCUT2D eigenvalue weighted by Crippen LogP contribution is 2.18. The normalized spacial score (nSPS) is 12.4. The van der Waals surface area contributed by atoms with Crippen molar-refractivity contribution in [3.8, 4) is 5.75 Å². The van der Waals surface area contributed by atoms with Crippen LogP contribution in [-0.4, -0.2) is 7.18 Å². The average Bonchev–Trinajstić information content (AvgIpc) is 2.45. The van der Waals surface area contributed by atoms with E-state index in [1.54, 1.807) is 0 Å². The second-order valence-electron chi connectivity index (χ2n) is 3.01. The summed E-state index contributed by atoms with van der Waals surface area (Å²) in [5.74, 6) is 1.97. The van der Waals surface area contributed by atoms with E-state index in [0.29, 0.717) is 7.18 Å². The maximum Gasteiger partial charge on any atom is 0.126 e. The number of allylic oxidation sites excluding steroid dienone is 4. The third-order valence-corrected chi connectivity index (χ3v) is 1.97. The Morgan fingerprint density at radius 1 is 1.06 bits per heavy atom. The summed E-state index contributed by atoms with van der Waals surface area (Å²) in [6, 6.07) is 9.89. The molecule has 94 valence electrons. The van der Waals surface area contributed by atoms with Crippen LogP contribution in [0.3, 0.4) is 0 Å². The minimum absolute atomic E-state index is 0.500. The van der Waals surface area contributed by atoms with Crippen LogP contribution in [0.5, 0.6) is 5.75 Å². The molecule has 1 aliphatic rings.